The third-order valence-corrected chi connectivity index (χ3v) is 1.93. The molecule has 0 bridgehead atoms. The highest BCUT2D eigenvalue weighted by molar-refractivity contribution is 6.06. The fourth-order valence-corrected chi connectivity index (χ4v) is 1.31. The summed E-state index contributed by atoms with van der Waals surface area (Å²) in [4.78, 5) is 16.3. The van der Waals surface area contributed by atoms with Crippen LogP contribution in [-0.2, 0) is 11.9 Å². The van der Waals surface area contributed by atoms with E-state index in [1.54, 1.807) is 36.3 Å². The van der Waals surface area contributed by atoms with E-state index in [0.717, 1.165) is 0 Å². The zero-order chi connectivity index (χ0) is 12.8. The lowest BCUT2D eigenvalue weighted by Crippen LogP contribution is -2.35. The van der Waals surface area contributed by atoms with Crippen molar-refractivity contribution in [3.63, 3.8) is 0 Å². The number of nitrogens with one attached hydrogen (secondary N) is 3. The first-order valence-corrected chi connectivity index (χ1v) is 4.81. The lowest BCUT2D eigenvalue weighted by atomic mass is 10.2. The number of amides is 1. The lowest BCUT2D eigenvalue weighted by molar-refractivity contribution is 0.0976. The van der Waals surface area contributed by atoms with Crippen LogP contribution in [0.5, 0.6) is 0 Å². The predicted molar refractivity (Wildman–Crippen MR) is 64.0 cm³/mol. The van der Waals surface area contributed by atoms with Crippen molar-refractivity contribution in [1.82, 2.24) is 15.4 Å². The number of nitrogens with zero attached hydrogens (tertiary/aromatic N) is 1. The average molecular weight is 237 g/mol. The SMILES string of the molecule is CON/C=C/c1cn(C)cc1C(=O)NC(=N)N. The van der Waals surface area contributed by atoms with Crippen LogP contribution < -0.4 is 16.5 Å². The molecule has 0 atom stereocenters. The van der Waals surface area contributed by atoms with E-state index >= 15 is 0 Å². The Balaban J connectivity index is 2.91. The first-order valence-electron chi connectivity index (χ1n) is 4.81. The van der Waals surface area contributed by atoms with Crippen LogP contribution in [0.25, 0.3) is 6.08 Å². The Kier molecular flexibility index (Phi) is 4.29. The molecular formula is C10H15N5O2. The van der Waals surface area contributed by atoms with Gasteiger partial charge >= 0.3 is 0 Å². The first kappa shape index (κ1) is 12.8. The van der Waals surface area contributed by atoms with Crippen LogP contribution in [0.15, 0.2) is 18.6 Å². The van der Waals surface area contributed by atoms with Crippen molar-refractivity contribution in [3.05, 3.63) is 29.7 Å². The number of hydrogen-bond acceptors (Lipinski definition) is 4. The van der Waals surface area contributed by atoms with E-state index in [1.807, 2.05) is 0 Å². The Morgan fingerprint density at radius 2 is 2.29 bits per heavy atom. The molecule has 0 aliphatic heterocycles. The summed E-state index contributed by atoms with van der Waals surface area (Å²) in [6.45, 7) is 0. The highest BCUT2D eigenvalue weighted by Gasteiger charge is 2.12. The second-order valence-corrected chi connectivity index (χ2v) is 3.32. The van der Waals surface area contributed by atoms with E-state index in [0.29, 0.717) is 11.1 Å². The van der Waals surface area contributed by atoms with Gasteiger partial charge in [0.05, 0.1) is 12.7 Å². The number of aryl methyl sites for hydroxylation is 1. The summed E-state index contributed by atoms with van der Waals surface area (Å²) in [5.41, 5.74) is 8.75. The van der Waals surface area contributed by atoms with Gasteiger partial charge in [0.2, 0.25) is 0 Å². The van der Waals surface area contributed by atoms with E-state index in [4.69, 9.17) is 11.1 Å². The lowest BCUT2D eigenvalue weighted by Gasteiger charge is -2.01. The molecule has 5 N–H and O–H groups in total. The van der Waals surface area contributed by atoms with Gasteiger partial charge in [0.15, 0.2) is 5.96 Å². The van der Waals surface area contributed by atoms with E-state index in [1.165, 1.54) is 7.11 Å². The van der Waals surface area contributed by atoms with Gasteiger partial charge in [-0.3, -0.25) is 25.8 Å². The van der Waals surface area contributed by atoms with Gasteiger partial charge < -0.3 is 10.3 Å². The zero-order valence-electron chi connectivity index (χ0n) is 9.65. The van der Waals surface area contributed by atoms with Crippen molar-refractivity contribution in [1.29, 1.82) is 5.41 Å². The minimum absolute atomic E-state index is 0.385. The Hall–Kier alpha value is -2.28. The van der Waals surface area contributed by atoms with Crippen LogP contribution in [-0.4, -0.2) is 23.5 Å². The van der Waals surface area contributed by atoms with Crippen LogP contribution >= 0.6 is 0 Å². The number of hydrogen-bond donors (Lipinski definition) is 4. The van der Waals surface area contributed by atoms with Crippen LogP contribution in [0.4, 0.5) is 0 Å². The highest BCUT2D eigenvalue weighted by Crippen LogP contribution is 2.11. The maximum atomic E-state index is 11.7. The molecule has 1 amide bonds. The van der Waals surface area contributed by atoms with Crippen LogP contribution in [0.2, 0.25) is 0 Å². The third-order valence-electron chi connectivity index (χ3n) is 1.93. The molecule has 92 valence electrons. The molecule has 0 fully saturated rings. The predicted octanol–water partition coefficient (Wildman–Crippen LogP) is -0.230. The Bertz CT molecular complexity index is 450. The summed E-state index contributed by atoms with van der Waals surface area (Å²) >= 11 is 0. The van der Waals surface area contributed by atoms with Crippen LogP contribution in [0.3, 0.4) is 0 Å². The van der Waals surface area contributed by atoms with E-state index < -0.39 is 5.91 Å². The van der Waals surface area contributed by atoms with Gasteiger partial charge in [-0.05, 0) is 6.08 Å². The average Bonchev–Trinajstić information content (AvgIpc) is 2.59. The number of guanidine groups is 1. The Labute approximate surface area is 98.7 Å². The Morgan fingerprint density at radius 3 is 2.88 bits per heavy atom. The molecule has 0 radical (unpaired) electrons. The van der Waals surface area contributed by atoms with Crippen molar-refractivity contribution < 1.29 is 9.63 Å². The summed E-state index contributed by atoms with van der Waals surface area (Å²) in [6.07, 6.45) is 6.64. The Morgan fingerprint density at radius 1 is 1.59 bits per heavy atom. The fourth-order valence-electron chi connectivity index (χ4n) is 1.31. The molecule has 0 aliphatic carbocycles. The molecule has 0 unspecified atom stereocenters. The minimum atomic E-state index is -0.421. The van der Waals surface area contributed by atoms with Gasteiger partial charge in [0.1, 0.15) is 0 Å². The summed E-state index contributed by atoms with van der Waals surface area (Å²) in [5, 5.41) is 9.23. The van der Waals surface area contributed by atoms with Gasteiger partial charge in [-0.1, -0.05) is 0 Å². The van der Waals surface area contributed by atoms with E-state index in [-0.39, 0.29) is 5.96 Å². The van der Waals surface area contributed by atoms with Crippen molar-refractivity contribution >= 4 is 17.9 Å². The van der Waals surface area contributed by atoms with Crippen molar-refractivity contribution in [2.45, 2.75) is 0 Å². The van der Waals surface area contributed by atoms with E-state index in [2.05, 4.69) is 15.6 Å². The molecule has 0 saturated heterocycles. The summed E-state index contributed by atoms with van der Waals surface area (Å²) in [7, 11) is 3.28. The normalized spacial score (nSPS) is 10.5. The maximum Gasteiger partial charge on any atom is 0.260 e. The van der Waals surface area contributed by atoms with Crippen molar-refractivity contribution in [2.24, 2.45) is 12.8 Å². The highest BCUT2D eigenvalue weighted by atomic mass is 16.6. The molecule has 17 heavy (non-hydrogen) atoms. The topological polar surface area (TPSA) is 105 Å². The number of carbonyl (C=O) groups excluding carboxylic acids is 1. The number of hydroxylamine groups is 1. The largest absolute Gasteiger partial charge is 0.370 e. The molecule has 0 saturated carbocycles. The molecular weight excluding hydrogens is 222 g/mol. The molecule has 1 heterocycles. The molecule has 1 rings (SSSR count). The standard InChI is InChI=1S/C10H15N5O2/c1-15-5-7(3-4-13-17-2)8(6-15)9(16)14-10(11)12/h3-6,13H,1-2H3,(H4,11,12,14,16)/b4-3+. The summed E-state index contributed by atoms with van der Waals surface area (Å²) in [5.74, 6) is -0.807. The van der Waals surface area contributed by atoms with Gasteiger partial charge in [-0.15, -0.1) is 0 Å². The summed E-state index contributed by atoms with van der Waals surface area (Å²) in [6, 6.07) is 0. The third kappa shape index (κ3) is 3.65. The van der Waals surface area contributed by atoms with Crippen molar-refractivity contribution in [3.8, 4) is 0 Å². The molecule has 0 aliphatic rings. The molecule has 7 heteroatoms. The zero-order valence-corrected chi connectivity index (χ0v) is 9.65. The maximum absolute atomic E-state index is 11.7. The van der Waals surface area contributed by atoms with Gasteiger partial charge in [0.25, 0.3) is 5.91 Å². The van der Waals surface area contributed by atoms with Crippen LogP contribution in [0.1, 0.15) is 15.9 Å². The van der Waals surface area contributed by atoms with E-state index in [9.17, 15) is 4.79 Å². The van der Waals surface area contributed by atoms with Crippen LogP contribution in [0, 0.1) is 5.41 Å². The molecule has 1 aromatic rings. The molecule has 0 aromatic carbocycles. The monoisotopic (exact) mass is 237 g/mol. The quantitative estimate of drug-likeness (QED) is 0.330. The van der Waals surface area contributed by atoms with Gasteiger partial charge in [-0.25, -0.2) is 0 Å². The summed E-state index contributed by atoms with van der Waals surface area (Å²) < 4.78 is 1.74. The smallest absolute Gasteiger partial charge is 0.260 e. The molecule has 1 aromatic heterocycles. The van der Waals surface area contributed by atoms with Crippen molar-refractivity contribution in [2.75, 3.05) is 7.11 Å². The number of carbonyl (C=O) groups is 1. The second-order valence-electron chi connectivity index (χ2n) is 3.32. The number of rotatable bonds is 4. The fraction of sp³-hybridized carbons (Fsp3) is 0.200. The second kappa shape index (κ2) is 5.71. The number of aromatic nitrogens is 1. The number of nitrogens with two attached hydrogens (primary N) is 1. The van der Waals surface area contributed by atoms with Gasteiger partial charge in [-0.2, -0.15) is 0 Å². The molecule has 7 nitrogen and oxygen atoms in total. The van der Waals surface area contributed by atoms with Gasteiger partial charge in [0, 0.05) is 31.2 Å². The molecule has 0 spiro atoms. The first-order chi connectivity index (χ1) is 8.04. The minimum Gasteiger partial charge on any atom is -0.370 e.